The highest BCUT2D eigenvalue weighted by atomic mass is 79.9. The van der Waals surface area contributed by atoms with E-state index in [1.807, 2.05) is 53.4 Å². The molecule has 130 valence electrons. The topological polar surface area (TPSA) is 32.3 Å². The number of amides is 1. The number of carbonyl (C=O) groups is 1. The maximum atomic E-state index is 13.3. The molecule has 0 bridgehead atoms. The number of rotatable bonds is 3. The molecule has 0 saturated heterocycles. The van der Waals surface area contributed by atoms with Crippen molar-refractivity contribution in [1.82, 2.24) is 0 Å². The van der Waals surface area contributed by atoms with E-state index in [0.717, 1.165) is 21.4 Å². The number of hydrogen-bond acceptors (Lipinski definition) is 3. The third kappa shape index (κ3) is 3.13. The zero-order valence-corrected chi connectivity index (χ0v) is 16.5. The van der Waals surface area contributed by atoms with Gasteiger partial charge in [0.05, 0.1) is 5.56 Å². The standard InChI is InChI=1S/C21H17BrN2OS/c1-26-17-12-6-14(7-13-17)20-23-19-5-3-2-4-18(19)21(25)24(20)16-10-8-15(22)9-11-16/h2-13,20,23H,1H3. The van der Waals surface area contributed by atoms with E-state index < -0.39 is 0 Å². The van der Waals surface area contributed by atoms with Crippen molar-refractivity contribution in [2.75, 3.05) is 16.5 Å². The number of benzene rings is 3. The Kier molecular flexibility index (Phi) is 4.74. The number of halogens is 1. The lowest BCUT2D eigenvalue weighted by Gasteiger charge is -2.38. The molecule has 0 radical (unpaired) electrons. The van der Waals surface area contributed by atoms with Gasteiger partial charge in [-0.15, -0.1) is 11.8 Å². The van der Waals surface area contributed by atoms with Crippen LogP contribution in [0.1, 0.15) is 22.1 Å². The first kappa shape index (κ1) is 17.2. The fourth-order valence-electron chi connectivity index (χ4n) is 3.14. The molecule has 1 aliphatic heterocycles. The van der Waals surface area contributed by atoms with Gasteiger partial charge in [0.2, 0.25) is 0 Å². The Hall–Kier alpha value is -2.24. The molecule has 3 nitrogen and oxygen atoms in total. The van der Waals surface area contributed by atoms with Gasteiger partial charge in [0.25, 0.3) is 5.91 Å². The molecule has 0 fully saturated rings. The van der Waals surface area contributed by atoms with E-state index in [0.29, 0.717) is 5.56 Å². The highest BCUT2D eigenvalue weighted by Gasteiger charge is 2.33. The summed E-state index contributed by atoms with van der Waals surface area (Å²) in [5.74, 6) is 0.000570. The van der Waals surface area contributed by atoms with E-state index in [1.165, 1.54) is 4.90 Å². The van der Waals surface area contributed by atoms with Crippen LogP contribution in [-0.2, 0) is 0 Å². The second-order valence-corrected chi connectivity index (χ2v) is 7.81. The van der Waals surface area contributed by atoms with Crippen molar-refractivity contribution in [3.05, 3.63) is 88.4 Å². The molecule has 3 aromatic rings. The molecule has 3 aromatic carbocycles. The number of fused-ring (bicyclic) bond motifs is 1. The quantitative estimate of drug-likeness (QED) is 0.527. The molecular formula is C21H17BrN2OS. The Morgan fingerprint density at radius 1 is 0.962 bits per heavy atom. The van der Waals surface area contributed by atoms with Crippen LogP contribution < -0.4 is 10.2 Å². The average molecular weight is 425 g/mol. The molecule has 0 saturated carbocycles. The van der Waals surface area contributed by atoms with Gasteiger partial charge in [-0.05, 0) is 60.4 Å². The summed E-state index contributed by atoms with van der Waals surface area (Å²) in [4.78, 5) is 16.3. The first-order valence-corrected chi connectivity index (χ1v) is 10.3. The third-order valence-corrected chi connectivity index (χ3v) is 5.74. The van der Waals surface area contributed by atoms with Crippen LogP contribution in [0.25, 0.3) is 0 Å². The molecule has 0 aromatic heterocycles. The Bertz CT molecular complexity index is 941. The van der Waals surface area contributed by atoms with E-state index in [-0.39, 0.29) is 12.1 Å². The summed E-state index contributed by atoms with van der Waals surface area (Å²) in [7, 11) is 0. The monoisotopic (exact) mass is 424 g/mol. The number of nitrogens with one attached hydrogen (secondary N) is 1. The number of nitrogens with zero attached hydrogens (tertiary/aromatic N) is 1. The molecule has 0 aliphatic carbocycles. The summed E-state index contributed by atoms with van der Waals surface area (Å²) in [5.41, 5.74) is 3.46. The predicted octanol–water partition coefficient (Wildman–Crippen LogP) is 5.94. The van der Waals surface area contributed by atoms with Crippen LogP contribution in [0.3, 0.4) is 0 Å². The van der Waals surface area contributed by atoms with E-state index in [1.54, 1.807) is 11.8 Å². The molecule has 26 heavy (non-hydrogen) atoms. The van der Waals surface area contributed by atoms with Gasteiger partial charge in [-0.2, -0.15) is 0 Å². The second kappa shape index (κ2) is 7.17. The maximum Gasteiger partial charge on any atom is 0.262 e. The van der Waals surface area contributed by atoms with Crippen molar-refractivity contribution in [1.29, 1.82) is 0 Å². The number of thioether (sulfide) groups is 1. The normalized spacial score (nSPS) is 16.2. The minimum atomic E-state index is -0.255. The van der Waals surface area contributed by atoms with Crippen LogP contribution in [0, 0.1) is 0 Å². The van der Waals surface area contributed by atoms with E-state index >= 15 is 0 Å². The third-order valence-electron chi connectivity index (χ3n) is 4.46. The molecule has 5 heteroatoms. The fourth-order valence-corrected chi connectivity index (χ4v) is 3.81. The smallest absolute Gasteiger partial charge is 0.262 e. The second-order valence-electron chi connectivity index (χ2n) is 6.02. The highest BCUT2D eigenvalue weighted by molar-refractivity contribution is 9.10. The van der Waals surface area contributed by atoms with E-state index in [4.69, 9.17) is 0 Å². The first-order chi connectivity index (χ1) is 12.7. The number of carbonyl (C=O) groups excluding carboxylic acids is 1. The largest absolute Gasteiger partial charge is 0.360 e. The molecule has 0 spiro atoms. The zero-order chi connectivity index (χ0) is 18.1. The molecule has 4 rings (SSSR count). The Labute approximate surface area is 165 Å². The summed E-state index contributed by atoms with van der Waals surface area (Å²) in [6.45, 7) is 0. The van der Waals surface area contributed by atoms with Crippen LogP contribution in [0.15, 0.2) is 82.2 Å². The Balaban J connectivity index is 1.82. The Morgan fingerprint density at radius 2 is 1.65 bits per heavy atom. The van der Waals surface area contributed by atoms with Gasteiger partial charge in [-0.3, -0.25) is 9.69 Å². The van der Waals surface area contributed by atoms with Gasteiger partial charge in [0.1, 0.15) is 6.17 Å². The van der Waals surface area contributed by atoms with E-state index in [9.17, 15) is 4.79 Å². The van der Waals surface area contributed by atoms with Crippen LogP contribution in [0.2, 0.25) is 0 Å². The molecule has 1 N–H and O–H groups in total. The SMILES string of the molecule is CSc1ccc(C2Nc3ccccc3C(=O)N2c2ccc(Br)cc2)cc1. The van der Waals surface area contributed by atoms with Crippen molar-refractivity contribution >= 4 is 45.0 Å². The molecule has 1 aliphatic rings. The summed E-state index contributed by atoms with van der Waals surface area (Å²) in [6.07, 6.45) is 1.80. The van der Waals surface area contributed by atoms with Gasteiger partial charge >= 0.3 is 0 Å². The van der Waals surface area contributed by atoms with Crippen molar-refractivity contribution < 1.29 is 4.79 Å². The lowest BCUT2D eigenvalue weighted by atomic mass is 10.0. The highest BCUT2D eigenvalue weighted by Crippen LogP contribution is 2.37. The predicted molar refractivity (Wildman–Crippen MR) is 112 cm³/mol. The molecule has 1 amide bonds. The van der Waals surface area contributed by atoms with Gasteiger partial charge in [-0.25, -0.2) is 0 Å². The average Bonchev–Trinajstić information content (AvgIpc) is 2.69. The number of hydrogen-bond donors (Lipinski definition) is 1. The molecule has 1 unspecified atom stereocenters. The van der Waals surface area contributed by atoms with Crippen molar-refractivity contribution in [3.8, 4) is 0 Å². The lowest BCUT2D eigenvalue weighted by Crippen LogP contribution is -2.43. The zero-order valence-electron chi connectivity index (χ0n) is 14.1. The van der Waals surface area contributed by atoms with Crippen molar-refractivity contribution in [3.63, 3.8) is 0 Å². The Morgan fingerprint density at radius 3 is 2.35 bits per heavy atom. The molecule has 1 heterocycles. The summed E-state index contributed by atoms with van der Waals surface area (Å²) in [5, 5.41) is 3.53. The maximum absolute atomic E-state index is 13.3. The van der Waals surface area contributed by atoms with Crippen LogP contribution >= 0.6 is 27.7 Å². The van der Waals surface area contributed by atoms with Crippen molar-refractivity contribution in [2.45, 2.75) is 11.1 Å². The van der Waals surface area contributed by atoms with Gasteiger partial charge in [-0.1, -0.05) is 40.2 Å². The van der Waals surface area contributed by atoms with Gasteiger partial charge < -0.3 is 5.32 Å². The van der Waals surface area contributed by atoms with Crippen LogP contribution in [0.5, 0.6) is 0 Å². The van der Waals surface area contributed by atoms with Crippen molar-refractivity contribution in [2.24, 2.45) is 0 Å². The minimum Gasteiger partial charge on any atom is -0.360 e. The fraction of sp³-hybridized carbons (Fsp3) is 0.0952. The van der Waals surface area contributed by atoms with Gasteiger partial charge in [0, 0.05) is 20.7 Å². The summed E-state index contributed by atoms with van der Waals surface area (Å²) >= 11 is 5.17. The molecular weight excluding hydrogens is 408 g/mol. The number of para-hydroxylation sites is 1. The summed E-state index contributed by atoms with van der Waals surface area (Å²) in [6, 6.07) is 23.8. The lowest BCUT2D eigenvalue weighted by molar-refractivity contribution is 0.0975. The van der Waals surface area contributed by atoms with E-state index in [2.05, 4.69) is 51.8 Å². The summed E-state index contributed by atoms with van der Waals surface area (Å²) < 4.78 is 0.986. The minimum absolute atomic E-state index is 0.000570. The first-order valence-electron chi connectivity index (χ1n) is 8.26. The van der Waals surface area contributed by atoms with Crippen LogP contribution in [-0.4, -0.2) is 12.2 Å². The number of anilines is 2. The van der Waals surface area contributed by atoms with Gasteiger partial charge in [0.15, 0.2) is 0 Å². The van der Waals surface area contributed by atoms with Crippen LogP contribution in [0.4, 0.5) is 11.4 Å². The molecule has 1 atom stereocenters.